The fourth-order valence-electron chi connectivity index (χ4n) is 4.10. The third-order valence-electron chi connectivity index (χ3n) is 5.76. The average molecular weight is 550 g/mol. The molecule has 2 unspecified atom stereocenters. The SMILES string of the molecule is CC(=O)OCC1O[C@H](Sc2ccc(Cl)c(Cl)c2)C(C)[C@@H](n2cc(-c3ccccc3)nn2)[C@H]1OC(C)=O. The van der Waals surface area contributed by atoms with E-state index in [-0.39, 0.29) is 12.5 Å². The average Bonchev–Trinajstić information content (AvgIpc) is 3.32. The number of benzene rings is 2. The first kappa shape index (κ1) is 26.5. The van der Waals surface area contributed by atoms with Crippen LogP contribution < -0.4 is 0 Å². The Morgan fingerprint density at radius 2 is 1.83 bits per heavy atom. The summed E-state index contributed by atoms with van der Waals surface area (Å²) in [5.41, 5.74) is 1.18. The molecule has 1 aliphatic rings. The molecule has 5 atom stereocenters. The lowest BCUT2D eigenvalue weighted by Gasteiger charge is -2.44. The first-order valence-electron chi connectivity index (χ1n) is 11.3. The Labute approximate surface area is 223 Å². The van der Waals surface area contributed by atoms with Gasteiger partial charge in [-0.2, -0.15) is 0 Å². The highest BCUT2D eigenvalue weighted by Crippen LogP contribution is 2.44. The fraction of sp³-hybridized carbons (Fsp3) is 0.360. The number of rotatable bonds is 7. The van der Waals surface area contributed by atoms with Gasteiger partial charge in [-0.05, 0) is 18.2 Å². The van der Waals surface area contributed by atoms with E-state index in [9.17, 15) is 9.59 Å². The molecule has 0 N–H and O–H groups in total. The van der Waals surface area contributed by atoms with Crippen LogP contribution in [0.2, 0.25) is 10.0 Å². The molecule has 0 amide bonds. The molecule has 0 saturated carbocycles. The maximum absolute atomic E-state index is 12.1. The van der Waals surface area contributed by atoms with Crippen LogP contribution in [0.1, 0.15) is 26.8 Å². The minimum absolute atomic E-state index is 0.0881. The van der Waals surface area contributed by atoms with Gasteiger partial charge in [0.05, 0.1) is 22.3 Å². The minimum Gasteiger partial charge on any atom is -0.463 e. The number of esters is 2. The normalized spacial score (nSPS) is 23.8. The molecule has 36 heavy (non-hydrogen) atoms. The maximum atomic E-state index is 12.1. The van der Waals surface area contributed by atoms with Crippen molar-refractivity contribution in [1.82, 2.24) is 15.0 Å². The number of carbonyl (C=O) groups excluding carboxylic acids is 2. The van der Waals surface area contributed by atoms with Gasteiger partial charge in [0.25, 0.3) is 0 Å². The van der Waals surface area contributed by atoms with Crippen molar-refractivity contribution in [1.29, 1.82) is 0 Å². The summed E-state index contributed by atoms with van der Waals surface area (Å²) < 4.78 is 19.1. The molecule has 2 heterocycles. The summed E-state index contributed by atoms with van der Waals surface area (Å²) in [7, 11) is 0. The van der Waals surface area contributed by atoms with Crippen molar-refractivity contribution in [2.24, 2.45) is 5.92 Å². The molecule has 4 rings (SSSR count). The van der Waals surface area contributed by atoms with E-state index in [0.29, 0.717) is 15.7 Å². The van der Waals surface area contributed by atoms with E-state index in [1.54, 1.807) is 16.8 Å². The molecule has 0 bridgehead atoms. The quantitative estimate of drug-likeness (QED) is 0.359. The van der Waals surface area contributed by atoms with E-state index in [1.807, 2.05) is 49.5 Å². The van der Waals surface area contributed by atoms with Crippen molar-refractivity contribution in [3.63, 3.8) is 0 Å². The Kier molecular flexibility index (Phi) is 8.56. The predicted molar refractivity (Wildman–Crippen MR) is 137 cm³/mol. The molecule has 1 fully saturated rings. The predicted octanol–water partition coefficient (Wildman–Crippen LogP) is 5.44. The molecule has 0 spiro atoms. The summed E-state index contributed by atoms with van der Waals surface area (Å²) in [6.07, 6.45) is 0.318. The van der Waals surface area contributed by atoms with E-state index in [1.165, 1.54) is 25.6 Å². The van der Waals surface area contributed by atoms with Crippen LogP contribution in [0.4, 0.5) is 0 Å². The number of halogens is 2. The number of hydrogen-bond donors (Lipinski definition) is 0. The monoisotopic (exact) mass is 549 g/mol. The summed E-state index contributed by atoms with van der Waals surface area (Å²) in [5, 5.41) is 9.62. The summed E-state index contributed by atoms with van der Waals surface area (Å²) in [6.45, 7) is 4.55. The largest absolute Gasteiger partial charge is 0.463 e. The standard InChI is InChI=1S/C25H25Cl2N3O5S/c1-14-23(30-12-21(28-29-30)17-7-5-4-6-8-17)24(34-16(3)32)22(13-33-15(2)31)35-25(14)36-18-9-10-19(26)20(27)11-18/h4-12,14,22-25H,13H2,1-3H3/t14?,22?,23-,24+,25-/m1/s1. The summed E-state index contributed by atoms with van der Waals surface area (Å²) in [4.78, 5) is 24.5. The molecular formula is C25H25Cl2N3O5S. The van der Waals surface area contributed by atoms with Crippen LogP contribution >= 0.6 is 35.0 Å². The maximum Gasteiger partial charge on any atom is 0.303 e. The molecule has 2 aromatic carbocycles. The van der Waals surface area contributed by atoms with E-state index in [0.717, 1.165) is 10.5 Å². The zero-order valence-corrected chi connectivity index (χ0v) is 22.2. The van der Waals surface area contributed by atoms with Crippen LogP contribution in [0.5, 0.6) is 0 Å². The van der Waals surface area contributed by atoms with Gasteiger partial charge >= 0.3 is 11.9 Å². The molecule has 190 valence electrons. The second-order valence-corrected chi connectivity index (χ2v) is 10.4. The van der Waals surface area contributed by atoms with Crippen LogP contribution in [0.3, 0.4) is 0 Å². The number of ether oxygens (including phenoxy) is 3. The lowest BCUT2D eigenvalue weighted by atomic mass is 9.90. The summed E-state index contributed by atoms with van der Waals surface area (Å²) in [5.74, 6) is -1.14. The number of thioether (sulfide) groups is 1. The molecular weight excluding hydrogens is 525 g/mol. The lowest BCUT2D eigenvalue weighted by molar-refractivity contribution is -0.191. The zero-order valence-electron chi connectivity index (χ0n) is 19.8. The fourth-order valence-corrected chi connectivity index (χ4v) is 5.64. The van der Waals surface area contributed by atoms with Gasteiger partial charge < -0.3 is 14.2 Å². The van der Waals surface area contributed by atoms with Gasteiger partial charge in [-0.3, -0.25) is 9.59 Å². The number of hydrogen-bond acceptors (Lipinski definition) is 8. The first-order chi connectivity index (χ1) is 17.2. The van der Waals surface area contributed by atoms with Gasteiger partial charge in [0.1, 0.15) is 23.8 Å². The van der Waals surface area contributed by atoms with E-state index in [2.05, 4.69) is 10.3 Å². The van der Waals surface area contributed by atoms with Gasteiger partial charge in [-0.25, -0.2) is 4.68 Å². The Morgan fingerprint density at radius 1 is 1.08 bits per heavy atom. The summed E-state index contributed by atoms with van der Waals surface area (Å²) in [6, 6.07) is 14.5. The van der Waals surface area contributed by atoms with E-state index < -0.39 is 35.6 Å². The van der Waals surface area contributed by atoms with E-state index >= 15 is 0 Å². The number of nitrogens with zero attached hydrogens (tertiary/aromatic N) is 3. The van der Waals surface area contributed by atoms with Gasteiger partial charge in [-0.15, -0.1) is 5.10 Å². The highest BCUT2D eigenvalue weighted by atomic mass is 35.5. The van der Waals surface area contributed by atoms with Crippen LogP contribution in [0, 0.1) is 5.92 Å². The molecule has 3 aromatic rings. The molecule has 0 aliphatic carbocycles. The zero-order chi connectivity index (χ0) is 25.8. The third-order valence-corrected chi connectivity index (χ3v) is 7.80. The number of aromatic nitrogens is 3. The third kappa shape index (κ3) is 6.21. The molecule has 11 heteroatoms. The smallest absolute Gasteiger partial charge is 0.303 e. The van der Waals surface area contributed by atoms with Crippen LogP contribution in [-0.2, 0) is 23.8 Å². The van der Waals surface area contributed by atoms with Crippen molar-refractivity contribution in [2.45, 2.75) is 49.4 Å². The van der Waals surface area contributed by atoms with Gasteiger partial charge in [0, 0.05) is 30.2 Å². The van der Waals surface area contributed by atoms with Gasteiger partial charge in [0.2, 0.25) is 0 Å². The summed E-state index contributed by atoms with van der Waals surface area (Å²) >= 11 is 13.8. The van der Waals surface area contributed by atoms with Crippen molar-refractivity contribution in [2.75, 3.05) is 6.61 Å². The number of carbonyl (C=O) groups is 2. The van der Waals surface area contributed by atoms with Crippen molar-refractivity contribution >= 4 is 46.9 Å². The second-order valence-electron chi connectivity index (χ2n) is 8.41. The Balaban J connectivity index is 1.70. The molecule has 1 aliphatic heterocycles. The minimum atomic E-state index is -0.771. The molecule has 8 nitrogen and oxygen atoms in total. The topological polar surface area (TPSA) is 92.5 Å². The highest BCUT2D eigenvalue weighted by Gasteiger charge is 2.48. The van der Waals surface area contributed by atoms with E-state index in [4.69, 9.17) is 37.4 Å². The Hall–Kier alpha value is -2.59. The van der Waals surface area contributed by atoms with Crippen molar-refractivity contribution in [3.05, 3.63) is 64.8 Å². The second kappa shape index (κ2) is 11.6. The molecule has 0 radical (unpaired) electrons. The van der Waals surface area contributed by atoms with Crippen LogP contribution in [0.15, 0.2) is 59.6 Å². The highest BCUT2D eigenvalue weighted by molar-refractivity contribution is 7.99. The van der Waals surface area contributed by atoms with Crippen LogP contribution in [0.25, 0.3) is 11.3 Å². The van der Waals surface area contributed by atoms with Gasteiger partial charge in [0.15, 0.2) is 6.10 Å². The van der Waals surface area contributed by atoms with Crippen LogP contribution in [-0.4, -0.2) is 51.2 Å². The molecule has 1 aromatic heterocycles. The Bertz CT molecular complexity index is 1230. The Morgan fingerprint density at radius 3 is 2.50 bits per heavy atom. The molecule has 1 saturated heterocycles. The first-order valence-corrected chi connectivity index (χ1v) is 12.9. The van der Waals surface area contributed by atoms with Crippen molar-refractivity contribution in [3.8, 4) is 11.3 Å². The van der Waals surface area contributed by atoms with Crippen molar-refractivity contribution < 1.29 is 23.8 Å². The van der Waals surface area contributed by atoms with Gasteiger partial charge in [-0.1, -0.05) is 77.4 Å². The lowest BCUT2D eigenvalue weighted by Crippen LogP contribution is -2.53.